The van der Waals surface area contributed by atoms with Crippen LogP contribution in [0, 0.1) is 11.6 Å². The quantitative estimate of drug-likeness (QED) is 0.839. The smallest absolute Gasteiger partial charge is 0.227 e. The van der Waals surface area contributed by atoms with E-state index in [1.54, 1.807) is 18.2 Å². The van der Waals surface area contributed by atoms with Gasteiger partial charge in [-0.1, -0.05) is 30.1 Å². The molecule has 0 unspecified atom stereocenters. The van der Waals surface area contributed by atoms with Gasteiger partial charge in [0, 0.05) is 30.3 Å². The van der Waals surface area contributed by atoms with Crippen molar-refractivity contribution in [1.29, 1.82) is 0 Å². The van der Waals surface area contributed by atoms with Crippen LogP contribution in [-0.4, -0.2) is 18.7 Å². The second kappa shape index (κ2) is 6.58. The van der Waals surface area contributed by atoms with Crippen molar-refractivity contribution in [3.8, 4) is 11.1 Å². The number of hydrogen-bond donors (Lipinski definition) is 1. The molecule has 1 amide bonds. The van der Waals surface area contributed by atoms with Gasteiger partial charge in [-0.3, -0.25) is 4.79 Å². The molecule has 1 aliphatic rings. The number of halogens is 2. The van der Waals surface area contributed by atoms with E-state index in [-0.39, 0.29) is 17.2 Å². The van der Waals surface area contributed by atoms with Gasteiger partial charge in [0.25, 0.3) is 0 Å². The van der Waals surface area contributed by atoms with Crippen LogP contribution >= 0.6 is 11.9 Å². The van der Waals surface area contributed by atoms with Gasteiger partial charge in [-0.05, 0) is 24.6 Å². The zero-order valence-corrected chi connectivity index (χ0v) is 13.4. The number of amides is 1. The van der Waals surface area contributed by atoms with E-state index in [4.69, 9.17) is 0 Å². The predicted molar refractivity (Wildman–Crippen MR) is 90.5 cm³/mol. The van der Waals surface area contributed by atoms with E-state index < -0.39 is 11.6 Å². The van der Waals surface area contributed by atoms with Gasteiger partial charge in [-0.15, -0.1) is 0 Å². The van der Waals surface area contributed by atoms with Gasteiger partial charge in [0.15, 0.2) is 11.6 Å². The minimum atomic E-state index is -0.975. The van der Waals surface area contributed by atoms with Gasteiger partial charge in [-0.2, -0.15) is 0 Å². The first-order valence-electron chi connectivity index (χ1n) is 7.30. The molecule has 3 nitrogen and oxygen atoms in total. The number of benzene rings is 2. The fourth-order valence-electron chi connectivity index (χ4n) is 2.78. The minimum Gasteiger partial charge on any atom is -0.329 e. The van der Waals surface area contributed by atoms with Crippen molar-refractivity contribution in [2.24, 2.45) is 0 Å². The Balaban J connectivity index is 2.06. The molecule has 0 aromatic heterocycles. The third-order valence-electron chi connectivity index (χ3n) is 3.86. The van der Waals surface area contributed by atoms with E-state index in [9.17, 15) is 13.6 Å². The van der Waals surface area contributed by atoms with Crippen LogP contribution in [0.1, 0.15) is 12.8 Å². The van der Waals surface area contributed by atoms with Crippen molar-refractivity contribution < 1.29 is 13.6 Å². The number of carbonyl (C=O) groups is 1. The van der Waals surface area contributed by atoms with E-state index >= 15 is 0 Å². The first kappa shape index (κ1) is 15.8. The molecule has 1 N–H and O–H groups in total. The van der Waals surface area contributed by atoms with Crippen LogP contribution in [0.5, 0.6) is 0 Å². The molecule has 0 aliphatic carbocycles. The molecule has 6 heteroatoms. The lowest BCUT2D eigenvalue weighted by atomic mass is 10.0. The van der Waals surface area contributed by atoms with E-state index in [0.717, 1.165) is 0 Å². The first-order chi connectivity index (χ1) is 11.1. The molecular formula is C17H16F2N2OS. The van der Waals surface area contributed by atoms with Crippen molar-refractivity contribution in [2.45, 2.75) is 12.8 Å². The summed E-state index contributed by atoms with van der Waals surface area (Å²) in [7, 11) is 0. The molecule has 1 aliphatic heterocycles. The number of anilines is 2. The standard InChI is InChI=1S/C17H16F2N2OS/c1-23-20-13-6-3-2-5-11(13)12-8-9-14(17(19)16(12)18)21-10-4-7-15(21)22/h2-3,5-6,8-9,20H,4,7,10H2,1H3. The summed E-state index contributed by atoms with van der Waals surface area (Å²) in [5, 5.41) is 0. The SMILES string of the molecule is CSNc1ccccc1-c1ccc(N2CCCC2=O)c(F)c1F. The van der Waals surface area contributed by atoms with Crippen LogP contribution in [0.4, 0.5) is 20.2 Å². The molecule has 1 fully saturated rings. The highest BCUT2D eigenvalue weighted by molar-refractivity contribution is 7.99. The maximum atomic E-state index is 14.6. The Morgan fingerprint density at radius 3 is 2.57 bits per heavy atom. The lowest BCUT2D eigenvalue weighted by molar-refractivity contribution is -0.117. The molecule has 3 rings (SSSR count). The molecule has 1 saturated heterocycles. The fraction of sp³-hybridized carbons (Fsp3) is 0.235. The molecule has 0 radical (unpaired) electrons. The highest BCUT2D eigenvalue weighted by Gasteiger charge is 2.27. The molecule has 0 atom stereocenters. The van der Waals surface area contributed by atoms with Crippen molar-refractivity contribution in [3.63, 3.8) is 0 Å². The second-order valence-electron chi connectivity index (χ2n) is 5.26. The Kier molecular flexibility index (Phi) is 4.52. The Labute approximate surface area is 137 Å². The van der Waals surface area contributed by atoms with Crippen LogP contribution in [0.2, 0.25) is 0 Å². The van der Waals surface area contributed by atoms with Crippen molar-refractivity contribution in [3.05, 3.63) is 48.0 Å². The highest BCUT2D eigenvalue weighted by Crippen LogP contribution is 2.35. The summed E-state index contributed by atoms with van der Waals surface area (Å²) in [6.45, 7) is 0.430. The minimum absolute atomic E-state index is 0.0176. The van der Waals surface area contributed by atoms with Crippen molar-refractivity contribution >= 4 is 29.2 Å². The van der Waals surface area contributed by atoms with Crippen LogP contribution in [-0.2, 0) is 4.79 Å². The Bertz CT molecular complexity index is 751. The Morgan fingerprint density at radius 2 is 1.87 bits per heavy atom. The summed E-state index contributed by atoms with van der Waals surface area (Å²) < 4.78 is 32.2. The molecule has 23 heavy (non-hydrogen) atoms. The van der Waals surface area contributed by atoms with Gasteiger partial charge >= 0.3 is 0 Å². The van der Waals surface area contributed by atoms with Gasteiger partial charge in [0.1, 0.15) is 0 Å². The number of nitrogens with zero attached hydrogens (tertiary/aromatic N) is 1. The third-order valence-corrected chi connectivity index (χ3v) is 4.28. The fourth-order valence-corrected chi connectivity index (χ4v) is 3.17. The molecule has 0 spiro atoms. The average Bonchev–Trinajstić information content (AvgIpc) is 2.97. The first-order valence-corrected chi connectivity index (χ1v) is 8.52. The van der Waals surface area contributed by atoms with Gasteiger partial charge in [0.05, 0.1) is 11.4 Å². The maximum Gasteiger partial charge on any atom is 0.227 e. The van der Waals surface area contributed by atoms with Crippen LogP contribution in [0.15, 0.2) is 36.4 Å². The summed E-state index contributed by atoms with van der Waals surface area (Å²) >= 11 is 1.38. The predicted octanol–water partition coefficient (Wildman–Crippen LogP) is 4.45. The summed E-state index contributed by atoms with van der Waals surface area (Å²) in [6, 6.07) is 10.1. The third kappa shape index (κ3) is 2.91. The van der Waals surface area contributed by atoms with Crippen LogP contribution in [0.3, 0.4) is 0 Å². The summed E-state index contributed by atoms with van der Waals surface area (Å²) in [5.41, 5.74) is 1.49. The largest absolute Gasteiger partial charge is 0.329 e. The zero-order valence-electron chi connectivity index (χ0n) is 12.6. The summed E-state index contributed by atoms with van der Waals surface area (Å²) in [4.78, 5) is 13.1. The summed E-state index contributed by atoms with van der Waals surface area (Å²) in [6.07, 6.45) is 2.90. The topological polar surface area (TPSA) is 32.3 Å². The van der Waals surface area contributed by atoms with E-state index in [1.807, 2.05) is 12.3 Å². The highest BCUT2D eigenvalue weighted by atomic mass is 32.2. The van der Waals surface area contributed by atoms with Crippen LogP contribution in [0.25, 0.3) is 11.1 Å². The molecule has 2 aromatic rings. The summed E-state index contributed by atoms with van der Waals surface area (Å²) in [5.74, 6) is -2.07. The van der Waals surface area contributed by atoms with Gasteiger partial charge in [0.2, 0.25) is 5.91 Å². The van der Waals surface area contributed by atoms with Gasteiger partial charge in [-0.25, -0.2) is 8.78 Å². The number of carbonyl (C=O) groups excluding carboxylic acids is 1. The number of hydrogen-bond acceptors (Lipinski definition) is 3. The molecular weight excluding hydrogens is 318 g/mol. The Hall–Kier alpha value is -2.08. The second-order valence-corrected chi connectivity index (χ2v) is 5.87. The van der Waals surface area contributed by atoms with E-state index in [1.165, 1.54) is 29.0 Å². The van der Waals surface area contributed by atoms with Gasteiger partial charge < -0.3 is 9.62 Å². The monoisotopic (exact) mass is 334 g/mol. The molecule has 0 bridgehead atoms. The van der Waals surface area contributed by atoms with Crippen LogP contribution < -0.4 is 9.62 Å². The average molecular weight is 334 g/mol. The van der Waals surface area contributed by atoms with Crippen molar-refractivity contribution in [1.82, 2.24) is 0 Å². The lowest BCUT2D eigenvalue weighted by Crippen LogP contribution is -2.25. The zero-order chi connectivity index (χ0) is 16.4. The number of nitrogens with one attached hydrogen (secondary N) is 1. The normalized spacial score (nSPS) is 14.4. The molecule has 1 heterocycles. The molecule has 2 aromatic carbocycles. The van der Waals surface area contributed by atoms with Crippen molar-refractivity contribution in [2.75, 3.05) is 22.4 Å². The molecule has 120 valence electrons. The molecule has 0 saturated carbocycles. The Morgan fingerprint density at radius 1 is 1.09 bits per heavy atom. The maximum absolute atomic E-state index is 14.6. The number of rotatable bonds is 4. The van der Waals surface area contributed by atoms with E-state index in [0.29, 0.717) is 30.6 Å². The van der Waals surface area contributed by atoms with E-state index in [2.05, 4.69) is 4.72 Å². The number of para-hydroxylation sites is 1. The lowest BCUT2D eigenvalue weighted by Gasteiger charge is -2.18.